The van der Waals surface area contributed by atoms with Crippen molar-refractivity contribution in [3.63, 3.8) is 0 Å². The first-order valence-electron chi connectivity index (χ1n) is 9.93. The van der Waals surface area contributed by atoms with E-state index in [4.69, 9.17) is 0 Å². The zero-order chi connectivity index (χ0) is 22.6. The highest BCUT2D eigenvalue weighted by molar-refractivity contribution is 7.93. The van der Waals surface area contributed by atoms with E-state index in [-0.39, 0.29) is 10.5 Å². The number of nitrogens with one attached hydrogen (secondary N) is 1. The molecular formula is C24H17N3O4S. The molecular weight excluding hydrogens is 426 g/mol. The summed E-state index contributed by atoms with van der Waals surface area (Å²) < 4.78 is 27.3. The molecule has 5 rings (SSSR count). The van der Waals surface area contributed by atoms with Crippen LogP contribution < -0.4 is 4.31 Å². The number of carbonyl (C=O) groups excluding carboxylic acids is 2. The quantitative estimate of drug-likeness (QED) is 0.373. The highest BCUT2D eigenvalue weighted by Gasteiger charge is 2.39. The van der Waals surface area contributed by atoms with Gasteiger partial charge in [-0.25, -0.2) is 8.42 Å². The molecule has 0 saturated heterocycles. The lowest BCUT2D eigenvalue weighted by Crippen LogP contribution is -2.37. The molecule has 0 amide bonds. The second kappa shape index (κ2) is 7.04. The third kappa shape index (κ3) is 2.75. The van der Waals surface area contributed by atoms with E-state index in [0.717, 1.165) is 15.2 Å². The smallest absolute Gasteiger partial charge is 0.265 e. The van der Waals surface area contributed by atoms with Gasteiger partial charge in [-0.3, -0.25) is 13.9 Å². The molecule has 0 bridgehead atoms. The van der Waals surface area contributed by atoms with Gasteiger partial charge in [0, 0.05) is 27.5 Å². The first kappa shape index (κ1) is 20.0. The highest BCUT2D eigenvalue weighted by atomic mass is 32.2. The van der Waals surface area contributed by atoms with Gasteiger partial charge in [0.25, 0.3) is 10.0 Å². The van der Waals surface area contributed by atoms with Gasteiger partial charge in [0.1, 0.15) is 0 Å². The van der Waals surface area contributed by atoms with Gasteiger partial charge in [-0.05, 0) is 30.5 Å². The first-order chi connectivity index (χ1) is 15.3. The summed E-state index contributed by atoms with van der Waals surface area (Å²) in [6.07, 6.45) is 0. The van der Waals surface area contributed by atoms with Gasteiger partial charge in [0.15, 0.2) is 17.5 Å². The van der Waals surface area contributed by atoms with Gasteiger partial charge in [-0.2, -0.15) is 5.26 Å². The monoisotopic (exact) mass is 443 g/mol. The summed E-state index contributed by atoms with van der Waals surface area (Å²) in [6.45, 7) is 1.11. The molecule has 1 aliphatic rings. The Morgan fingerprint density at radius 3 is 2.53 bits per heavy atom. The fourth-order valence-corrected chi connectivity index (χ4v) is 6.05. The van der Waals surface area contributed by atoms with Crippen LogP contribution >= 0.6 is 0 Å². The van der Waals surface area contributed by atoms with Crippen molar-refractivity contribution < 1.29 is 18.0 Å². The molecule has 1 unspecified atom stereocenters. The van der Waals surface area contributed by atoms with Crippen LogP contribution in [0.5, 0.6) is 0 Å². The number of nitriles is 1. The van der Waals surface area contributed by atoms with Gasteiger partial charge >= 0.3 is 0 Å². The molecule has 1 aliphatic heterocycles. The second-order valence-electron chi connectivity index (χ2n) is 7.71. The molecule has 1 N–H and O–H groups in total. The Kier molecular flexibility index (Phi) is 4.39. The lowest BCUT2D eigenvalue weighted by molar-refractivity contribution is -0.118. The van der Waals surface area contributed by atoms with Crippen LogP contribution in [-0.4, -0.2) is 31.5 Å². The maximum atomic E-state index is 13.2. The second-order valence-corrected chi connectivity index (χ2v) is 9.54. The van der Waals surface area contributed by atoms with Crippen molar-refractivity contribution in [1.82, 2.24) is 4.98 Å². The third-order valence-electron chi connectivity index (χ3n) is 5.83. The number of aromatic amines is 1. The number of aromatic nitrogens is 1. The van der Waals surface area contributed by atoms with Gasteiger partial charge in [0.2, 0.25) is 0 Å². The number of nitrogens with zero attached hydrogens (tertiary/aromatic N) is 2. The van der Waals surface area contributed by atoms with Crippen LogP contribution in [0.2, 0.25) is 0 Å². The van der Waals surface area contributed by atoms with Crippen molar-refractivity contribution in [1.29, 1.82) is 5.26 Å². The Hall–Kier alpha value is -3.96. The van der Waals surface area contributed by atoms with E-state index in [0.29, 0.717) is 22.2 Å². The Morgan fingerprint density at radius 1 is 1.06 bits per heavy atom. The first-order valence-corrected chi connectivity index (χ1v) is 11.4. The number of hydrogen-bond donors (Lipinski definition) is 1. The van der Waals surface area contributed by atoms with E-state index in [2.05, 4.69) is 4.98 Å². The molecule has 158 valence electrons. The van der Waals surface area contributed by atoms with Crippen molar-refractivity contribution in [3.8, 4) is 6.07 Å². The van der Waals surface area contributed by atoms with Crippen LogP contribution in [-0.2, 0) is 14.8 Å². The highest BCUT2D eigenvalue weighted by Crippen LogP contribution is 2.42. The van der Waals surface area contributed by atoms with Crippen LogP contribution in [0.1, 0.15) is 16.1 Å². The van der Waals surface area contributed by atoms with Crippen molar-refractivity contribution in [2.45, 2.75) is 11.8 Å². The Labute approximate surface area is 183 Å². The number of carbonyl (C=O) groups is 2. The van der Waals surface area contributed by atoms with Gasteiger partial charge in [-0.15, -0.1) is 0 Å². The molecule has 0 radical (unpaired) electrons. The standard InChI is InChI=1S/C24H17N3O4S/c1-14-22(16-8-2-3-9-18(16)26-14)24(29)17(12-25)20(28)13-27-19-10-4-6-15-7-5-11-21(23(15)19)32(27,30)31/h2-11,17,26H,13H2,1H3. The molecule has 3 aromatic carbocycles. The van der Waals surface area contributed by atoms with Crippen molar-refractivity contribution in [3.05, 3.63) is 71.9 Å². The molecule has 8 heteroatoms. The van der Waals surface area contributed by atoms with E-state index in [1.807, 2.05) is 6.07 Å². The average molecular weight is 443 g/mol. The molecule has 1 aromatic heterocycles. The summed E-state index contributed by atoms with van der Waals surface area (Å²) in [5.41, 5.74) is 1.92. The number of para-hydroxylation sites is 1. The lowest BCUT2D eigenvalue weighted by Gasteiger charge is -2.19. The average Bonchev–Trinajstić information content (AvgIpc) is 3.22. The van der Waals surface area contributed by atoms with Crippen LogP contribution in [0.4, 0.5) is 5.69 Å². The number of benzene rings is 3. The summed E-state index contributed by atoms with van der Waals surface area (Å²) >= 11 is 0. The fraction of sp³-hybridized carbons (Fsp3) is 0.125. The van der Waals surface area contributed by atoms with Crippen LogP contribution in [0, 0.1) is 24.2 Å². The number of anilines is 1. The predicted molar refractivity (Wildman–Crippen MR) is 120 cm³/mol. The van der Waals surface area contributed by atoms with Crippen LogP contribution in [0.25, 0.3) is 21.7 Å². The number of H-pyrrole nitrogens is 1. The van der Waals surface area contributed by atoms with E-state index < -0.39 is 34.1 Å². The molecule has 7 nitrogen and oxygen atoms in total. The summed E-state index contributed by atoms with van der Waals surface area (Å²) in [7, 11) is -3.97. The Morgan fingerprint density at radius 2 is 1.78 bits per heavy atom. The van der Waals surface area contributed by atoms with E-state index in [1.165, 1.54) is 6.07 Å². The van der Waals surface area contributed by atoms with Crippen molar-refractivity contribution in [2.24, 2.45) is 5.92 Å². The number of ketones is 2. The number of rotatable bonds is 5. The Bertz CT molecular complexity index is 1590. The Balaban J connectivity index is 1.52. The largest absolute Gasteiger partial charge is 0.358 e. The number of aryl methyl sites for hydroxylation is 1. The zero-order valence-electron chi connectivity index (χ0n) is 17.0. The van der Waals surface area contributed by atoms with E-state index in [9.17, 15) is 23.3 Å². The molecule has 1 atom stereocenters. The van der Waals surface area contributed by atoms with Gasteiger partial charge in [0.05, 0.1) is 23.2 Å². The topological polar surface area (TPSA) is 111 Å². The number of sulfonamides is 1. The van der Waals surface area contributed by atoms with Gasteiger partial charge < -0.3 is 4.98 Å². The van der Waals surface area contributed by atoms with E-state index in [1.54, 1.807) is 61.5 Å². The lowest BCUT2D eigenvalue weighted by atomic mass is 9.93. The molecule has 32 heavy (non-hydrogen) atoms. The maximum absolute atomic E-state index is 13.2. The van der Waals surface area contributed by atoms with Gasteiger partial charge in [-0.1, -0.05) is 42.5 Å². The summed E-state index contributed by atoms with van der Waals surface area (Å²) in [5.74, 6) is -3.03. The number of Topliss-reactive ketones (excluding diaryl/α,β-unsaturated/α-hetero) is 2. The minimum absolute atomic E-state index is 0.116. The molecule has 4 aromatic rings. The summed E-state index contributed by atoms with van der Waals surface area (Å²) in [6, 6.07) is 19.0. The third-order valence-corrected chi connectivity index (χ3v) is 7.64. The molecule has 0 saturated carbocycles. The van der Waals surface area contributed by atoms with Crippen molar-refractivity contribution in [2.75, 3.05) is 10.8 Å². The molecule has 0 fully saturated rings. The van der Waals surface area contributed by atoms with Crippen LogP contribution in [0.3, 0.4) is 0 Å². The van der Waals surface area contributed by atoms with Crippen molar-refractivity contribution >= 4 is 49.0 Å². The molecule has 0 aliphatic carbocycles. The molecule has 0 spiro atoms. The zero-order valence-corrected chi connectivity index (χ0v) is 17.8. The minimum Gasteiger partial charge on any atom is -0.358 e. The normalized spacial score (nSPS) is 15.1. The molecule has 2 heterocycles. The summed E-state index contributed by atoms with van der Waals surface area (Å²) in [5, 5.41) is 11.6. The maximum Gasteiger partial charge on any atom is 0.265 e. The minimum atomic E-state index is -3.97. The fourth-order valence-electron chi connectivity index (χ4n) is 4.38. The predicted octanol–water partition coefficient (Wildman–Crippen LogP) is 3.73. The number of hydrogen-bond acceptors (Lipinski definition) is 5. The SMILES string of the molecule is Cc1[nH]c2ccccc2c1C(=O)C(C#N)C(=O)CN1c2cccc3cccc(c23)S1(=O)=O. The number of fused-ring (bicyclic) bond motifs is 1. The van der Waals surface area contributed by atoms with E-state index >= 15 is 0 Å². The van der Waals surface area contributed by atoms with Crippen LogP contribution in [0.15, 0.2) is 65.6 Å². The summed E-state index contributed by atoms with van der Waals surface area (Å²) in [4.78, 5) is 29.5.